The van der Waals surface area contributed by atoms with E-state index in [0.717, 1.165) is 37.6 Å². The van der Waals surface area contributed by atoms with E-state index in [1.54, 1.807) is 0 Å². The summed E-state index contributed by atoms with van der Waals surface area (Å²) in [7, 11) is 0. The van der Waals surface area contributed by atoms with Gasteiger partial charge in [-0.3, -0.25) is 9.69 Å². The molecule has 0 bridgehead atoms. The minimum absolute atomic E-state index is 0.488. The van der Waals surface area contributed by atoms with Gasteiger partial charge >= 0.3 is 5.97 Å². The lowest BCUT2D eigenvalue weighted by molar-refractivity contribution is -0.156. The van der Waals surface area contributed by atoms with Crippen molar-refractivity contribution >= 4 is 5.97 Å². The van der Waals surface area contributed by atoms with Gasteiger partial charge in [-0.2, -0.15) is 0 Å². The van der Waals surface area contributed by atoms with Gasteiger partial charge in [0.2, 0.25) is 0 Å². The van der Waals surface area contributed by atoms with Crippen LogP contribution in [0.5, 0.6) is 0 Å². The number of carboxylic acid groups (broad SMARTS) is 1. The van der Waals surface area contributed by atoms with E-state index in [1.165, 1.54) is 25.7 Å². The maximum Gasteiger partial charge on any atom is 0.323 e. The first-order chi connectivity index (χ1) is 8.95. The van der Waals surface area contributed by atoms with E-state index in [-0.39, 0.29) is 0 Å². The van der Waals surface area contributed by atoms with Gasteiger partial charge in [0.25, 0.3) is 0 Å². The van der Waals surface area contributed by atoms with Crippen LogP contribution in [-0.4, -0.2) is 34.1 Å². The summed E-state index contributed by atoms with van der Waals surface area (Å²) in [6.07, 6.45) is 7.99. The number of carbonyl (C=O) groups is 1. The maximum absolute atomic E-state index is 11.7. The Balaban J connectivity index is 2.11. The number of hydrogen-bond acceptors (Lipinski definition) is 2. The Morgan fingerprint density at radius 3 is 2.63 bits per heavy atom. The second kappa shape index (κ2) is 5.82. The SMILES string of the molecule is CC(C)C1CCCC(N2CCCCC2(C)C(=O)O)C1. The fourth-order valence-electron chi connectivity index (χ4n) is 4.05. The number of nitrogens with zero attached hydrogens (tertiary/aromatic N) is 1. The van der Waals surface area contributed by atoms with E-state index in [0.29, 0.717) is 6.04 Å². The molecule has 3 heteroatoms. The molecule has 1 aliphatic carbocycles. The van der Waals surface area contributed by atoms with Crippen LogP contribution in [-0.2, 0) is 4.79 Å². The second-order valence-electron chi connectivity index (χ2n) is 7.05. The van der Waals surface area contributed by atoms with Gasteiger partial charge in [-0.25, -0.2) is 0 Å². The van der Waals surface area contributed by atoms with E-state index in [2.05, 4.69) is 18.7 Å². The van der Waals surface area contributed by atoms with Crippen molar-refractivity contribution in [3.8, 4) is 0 Å². The highest BCUT2D eigenvalue weighted by atomic mass is 16.4. The third-order valence-electron chi connectivity index (χ3n) is 5.48. The number of carboxylic acids is 1. The maximum atomic E-state index is 11.7. The Morgan fingerprint density at radius 2 is 2.00 bits per heavy atom. The molecule has 1 heterocycles. The number of piperidine rings is 1. The number of likely N-dealkylation sites (tertiary alicyclic amines) is 1. The average Bonchev–Trinajstić information content (AvgIpc) is 2.39. The lowest BCUT2D eigenvalue weighted by Crippen LogP contribution is -2.59. The van der Waals surface area contributed by atoms with Crippen LogP contribution in [0.2, 0.25) is 0 Å². The Morgan fingerprint density at radius 1 is 1.26 bits per heavy atom. The molecule has 2 aliphatic rings. The van der Waals surface area contributed by atoms with Crippen LogP contribution in [0.1, 0.15) is 65.7 Å². The molecule has 0 aromatic rings. The molecular formula is C16H29NO2. The highest BCUT2D eigenvalue weighted by Crippen LogP contribution is 2.38. The molecule has 0 amide bonds. The Labute approximate surface area is 117 Å². The van der Waals surface area contributed by atoms with Crippen LogP contribution >= 0.6 is 0 Å². The monoisotopic (exact) mass is 267 g/mol. The predicted molar refractivity (Wildman–Crippen MR) is 77.2 cm³/mol. The summed E-state index contributed by atoms with van der Waals surface area (Å²) in [6, 6.07) is 0.488. The van der Waals surface area contributed by atoms with Crippen LogP contribution < -0.4 is 0 Å². The van der Waals surface area contributed by atoms with Crippen molar-refractivity contribution in [2.24, 2.45) is 11.8 Å². The third-order valence-corrected chi connectivity index (χ3v) is 5.48. The Bertz CT molecular complexity index is 329. The molecule has 0 radical (unpaired) electrons. The van der Waals surface area contributed by atoms with Crippen molar-refractivity contribution in [3.05, 3.63) is 0 Å². The topological polar surface area (TPSA) is 40.5 Å². The summed E-state index contributed by atoms with van der Waals surface area (Å²) >= 11 is 0. The number of aliphatic carboxylic acids is 1. The molecule has 2 rings (SSSR count). The molecule has 1 N–H and O–H groups in total. The van der Waals surface area contributed by atoms with Gasteiger partial charge in [0.15, 0.2) is 0 Å². The standard InChI is InChI=1S/C16H29NO2/c1-12(2)13-7-6-8-14(11-13)17-10-5-4-9-16(17,3)15(18)19/h12-14H,4-11H2,1-3H3,(H,18,19). The predicted octanol–water partition coefficient (Wildman–Crippen LogP) is 3.53. The molecule has 1 saturated carbocycles. The molecule has 0 aromatic heterocycles. The molecule has 110 valence electrons. The average molecular weight is 267 g/mol. The first-order valence-corrected chi connectivity index (χ1v) is 7.95. The lowest BCUT2D eigenvalue weighted by Gasteiger charge is -2.49. The van der Waals surface area contributed by atoms with Crippen molar-refractivity contribution < 1.29 is 9.90 Å². The van der Waals surface area contributed by atoms with Crippen molar-refractivity contribution in [3.63, 3.8) is 0 Å². The Hall–Kier alpha value is -0.570. The fraction of sp³-hybridized carbons (Fsp3) is 0.938. The van der Waals surface area contributed by atoms with Crippen LogP contribution in [0.25, 0.3) is 0 Å². The van der Waals surface area contributed by atoms with Crippen LogP contribution in [0, 0.1) is 11.8 Å². The van der Waals surface area contributed by atoms with Gasteiger partial charge in [0, 0.05) is 6.04 Å². The zero-order valence-electron chi connectivity index (χ0n) is 12.7. The Kier molecular flexibility index (Phi) is 4.54. The zero-order chi connectivity index (χ0) is 14.0. The first-order valence-electron chi connectivity index (χ1n) is 7.95. The van der Waals surface area contributed by atoms with E-state index in [1.807, 2.05) is 6.92 Å². The summed E-state index contributed by atoms with van der Waals surface area (Å²) < 4.78 is 0. The number of hydrogen-bond donors (Lipinski definition) is 1. The molecule has 0 aromatic carbocycles. The molecule has 1 aliphatic heterocycles. The third kappa shape index (κ3) is 2.96. The highest BCUT2D eigenvalue weighted by Gasteiger charge is 2.45. The molecule has 19 heavy (non-hydrogen) atoms. The molecular weight excluding hydrogens is 238 g/mol. The zero-order valence-corrected chi connectivity index (χ0v) is 12.7. The lowest BCUT2D eigenvalue weighted by atomic mass is 9.76. The van der Waals surface area contributed by atoms with Crippen LogP contribution in [0.4, 0.5) is 0 Å². The smallest absolute Gasteiger partial charge is 0.323 e. The van der Waals surface area contributed by atoms with E-state index in [9.17, 15) is 9.90 Å². The normalized spacial score (nSPS) is 37.5. The molecule has 3 atom stereocenters. The largest absolute Gasteiger partial charge is 0.480 e. The van der Waals surface area contributed by atoms with Gasteiger partial charge in [-0.15, -0.1) is 0 Å². The highest BCUT2D eigenvalue weighted by molar-refractivity contribution is 5.78. The van der Waals surface area contributed by atoms with Gasteiger partial charge in [-0.1, -0.05) is 26.7 Å². The van der Waals surface area contributed by atoms with Crippen molar-refractivity contribution in [1.82, 2.24) is 4.90 Å². The molecule has 3 nitrogen and oxygen atoms in total. The molecule has 1 saturated heterocycles. The van der Waals surface area contributed by atoms with E-state index in [4.69, 9.17) is 0 Å². The minimum Gasteiger partial charge on any atom is -0.480 e. The molecule has 3 unspecified atom stereocenters. The van der Waals surface area contributed by atoms with Gasteiger partial charge in [-0.05, 0) is 57.4 Å². The van der Waals surface area contributed by atoms with Crippen molar-refractivity contribution in [2.45, 2.75) is 77.3 Å². The first kappa shape index (κ1) is 14.8. The van der Waals surface area contributed by atoms with Crippen molar-refractivity contribution in [1.29, 1.82) is 0 Å². The second-order valence-corrected chi connectivity index (χ2v) is 7.05. The van der Waals surface area contributed by atoms with Gasteiger partial charge in [0.05, 0.1) is 0 Å². The summed E-state index contributed by atoms with van der Waals surface area (Å²) in [5.41, 5.74) is -0.623. The van der Waals surface area contributed by atoms with Crippen molar-refractivity contribution in [2.75, 3.05) is 6.54 Å². The summed E-state index contributed by atoms with van der Waals surface area (Å²) in [5, 5.41) is 9.63. The quantitative estimate of drug-likeness (QED) is 0.850. The van der Waals surface area contributed by atoms with Crippen LogP contribution in [0.15, 0.2) is 0 Å². The molecule has 0 spiro atoms. The number of rotatable bonds is 3. The van der Waals surface area contributed by atoms with E-state index < -0.39 is 11.5 Å². The summed E-state index contributed by atoms with van der Waals surface area (Å²) in [4.78, 5) is 14.0. The van der Waals surface area contributed by atoms with Gasteiger partial charge < -0.3 is 5.11 Å². The summed E-state index contributed by atoms with van der Waals surface area (Å²) in [5.74, 6) is 0.876. The van der Waals surface area contributed by atoms with Gasteiger partial charge in [0.1, 0.15) is 5.54 Å². The minimum atomic E-state index is -0.626. The summed E-state index contributed by atoms with van der Waals surface area (Å²) in [6.45, 7) is 7.52. The van der Waals surface area contributed by atoms with E-state index >= 15 is 0 Å². The fourth-order valence-corrected chi connectivity index (χ4v) is 4.05. The van der Waals surface area contributed by atoms with Crippen LogP contribution in [0.3, 0.4) is 0 Å². The molecule has 2 fully saturated rings.